The molecule has 0 spiro atoms. The molecular weight excluding hydrogens is 396 g/mol. The Morgan fingerprint density at radius 2 is 2.00 bits per heavy atom. The molecule has 8 nitrogen and oxygen atoms in total. The third-order valence-corrected chi connectivity index (χ3v) is 7.33. The van der Waals surface area contributed by atoms with Crippen molar-refractivity contribution < 1.29 is 27.5 Å². The van der Waals surface area contributed by atoms with Gasteiger partial charge in [-0.1, -0.05) is 12.1 Å². The first-order valence-electron chi connectivity index (χ1n) is 9.65. The summed E-state index contributed by atoms with van der Waals surface area (Å²) in [6.07, 6.45) is -0.673. The smallest absolute Gasteiger partial charge is 0.312 e. The molecule has 0 aliphatic carbocycles. The molecule has 0 saturated carbocycles. The van der Waals surface area contributed by atoms with Gasteiger partial charge in [0.05, 0.1) is 17.4 Å². The molecule has 0 bridgehead atoms. The van der Waals surface area contributed by atoms with Gasteiger partial charge in [0, 0.05) is 24.7 Å². The molecule has 3 atom stereocenters. The second-order valence-electron chi connectivity index (χ2n) is 7.81. The van der Waals surface area contributed by atoms with E-state index in [9.17, 15) is 22.8 Å². The van der Waals surface area contributed by atoms with E-state index >= 15 is 0 Å². The summed E-state index contributed by atoms with van der Waals surface area (Å²) in [6, 6.07) is 5.22. The lowest BCUT2D eigenvalue weighted by molar-refractivity contribution is -0.158. The van der Waals surface area contributed by atoms with E-state index in [1.807, 2.05) is 32.0 Å². The number of sulfone groups is 1. The molecule has 29 heavy (non-hydrogen) atoms. The van der Waals surface area contributed by atoms with Crippen LogP contribution in [0.2, 0.25) is 0 Å². The number of rotatable bonds is 5. The molecular formula is C20H26N2O6S. The van der Waals surface area contributed by atoms with Gasteiger partial charge in [-0.15, -0.1) is 0 Å². The SMILES string of the molecule is Cc1cccc(N2C[C@@H](C(=O)O[C@H](C)C(=O)N[C@@H]3CCS(=O)(=O)C3)CC2=O)c1C. The van der Waals surface area contributed by atoms with Crippen LogP contribution in [0.5, 0.6) is 0 Å². The molecule has 2 amide bonds. The lowest BCUT2D eigenvalue weighted by Gasteiger charge is -2.21. The van der Waals surface area contributed by atoms with Crippen molar-refractivity contribution in [3.63, 3.8) is 0 Å². The van der Waals surface area contributed by atoms with Gasteiger partial charge in [0.25, 0.3) is 5.91 Å². The Labute approximate surface area is 170 Å². The maximum absolute atomic E-state index is 12.5. The number of amides is 2. The molecule has 3 rings (SSSR count). The fourth-order valence-corrected chi connectivity index (χ4v) is 5.35. The highest BCUT2D eigenvalue weighted by Gasteiger charge is 2.38. The van der Waals surface area contributed by atoms with Gasteiger partial charge in [0.2, 0.25) is 5.91 Å². The first-order valence-corrected chi connectivity index (χ1v) is 11.5. The average Bonchev–Trinajstić information content (AvgIpc) is 3.19. The van der Waals surface area contributed by atoms with Crippen molar-refractivity contribution in [2.75, 3.05) is 23.0 Å². The van der Waals surface area contributed by atoms with Crippen LogP contribution in [-0.2, 0) is 29.0 Å². The highest BCUT2D eigenvalue weighted by molar-refractivity contribution is 7.91. The van der Waals surface area contributed by atoms with E-state index in [-0.39, 0.29) is 30.4 Å². The van der Waals surface area contributed by atoms with Gasteiger partial charge in [-0.25, -0.2) is 8.42 Å². The summed E-state index contributed by atoms with van der Waals surface area (Å²) in [5.41, 5.74) is 2.81. The Bertz CT molecular complexity index is 942. The van der Waals surface area contributed by atoms with Crippen LogP contribution < -0.4 is 10.2 Å². The monoisotopic (exact) mass is 422 g/mol. The van der Waals surface area contributed by atoms with Crippen molar-refractivity contribution in [2.24, 2.45) is 5.92 Å². The first-order chi connectivity index (χ1) is 13.6. The standard InChI is InChI=1S/C20H26N2O6S/c1-12-5-4-6-17(13(12)2)22-10-15(9-18(22)23)20(25)28-14(3)19(24)21-16-7-8-29(26,27)11-16/h4-6,14-16H,7-11H2,1-3H3,(H,21,24)/t14-,15+,16-/m1/s1. The van der Waals surface area contributed by atoms with Gasteiger partial charge >= 0.3 is 5.97 Å². The largest absolute Gasteiger partial charge is 0.452 e. The van der Waals surface area contributed by atoms with Crippen molar-refractivity contribution >= 4 is 33.3 Å². The number of nitrogens with zero attached hydrogens (tertiary/aromatic N) is 1. The molecule has 1 N–H and O–H groups in total. The third-order valence-electron chi connectivity index (χ3n) is 5.57. The number of carbonyl (C=O) groups excluding carboxylic acids is 3. The lowest BCUT2D eigenvalue weighted by Crippen LogP contribution is -2.43. The Morgan fingerprint density at radius 1 is 1.28 bits per heavy atom. The number of aryl methyl sites for hydroxylation is 1. The molecule has 0 unspecified atom stereocenters. The van der Waals surface area contributed by atoms with Crippen molar-refractivity contribution in [1.29, 1.82) is 0 Å². The molecule has 0 radical (unpaired) electrons. The zero-order valence-electron chi connectivity index (χ0n) is 16.8. The van der Waals surface area contributed by atoms with Crippen molar-refractivity contribution in [2.45, 2.75) is 45.8 Å². The minimum Gasteiger partial charge on any atom is -0.452 e. The molecule has 0 aromatic heterocycles. The summed E-state index contributed by atoms with van der Waals surface area (Å²) in [5.74, 6) is -1.99. The predicted molar refractivity (Wildman–Crippen MR) is 107 cm³/mol. The summed E-state index contributed by atoms with van der Waals surface area (Å²) < 4.78 is 28.3. The van der Waals surface area contributed by atoms with Crippen LogP contribution >= 0.6 is 0 Å². The molecule has 9 heteroatoms. The molecule has 2 fully saturated rings. The average molecular weight is 423 g/mol. The fourth-order valence-electron chi connectivity index (χ4n) is 3.68. The number of ether oxygens (including phenoxy) is 1. The Morgan fingerprint density at radius 3 is 2.66 bits per heavy atom. The van der Waals surface area contributed by atoms with Crippen molar-refractivity contribution in [3.8, 4) is 0 Å². The van der Waals surface area contributed by atoms with Gasteiger partial charge in [0.15, 0.2) is 15.9 Å². The van der Waals surface area contributed by atoms with E-state index in [1.54, 1.807) is 4.90 Å². The molecule has 158 valence electrons. The van der Waals surface area contributed by atoms with E-state index in [4.69, 9.17) is 4.74 Å². The Kier molecular flexibility index (Phi) is 5.97. The number of hydrogen-bond donors (Lipinski definition) is 1. The van der Waals surface area contributed by atoms with Crippen LogP contribution in [0.15, 0.2) is 18.2 Å². The van der Waals surface area contributed by atoms with Gasteiger partial charge in [0.1, 0.15) is 0 Å². The number of nitrogens with one attached hydrogen (secondary N) is 1. The van der Waals surface area contributed by atoms with Gasteiger partial charge in [-0.3, -0.25) is 14.4 Å². The molecule has 2 heterocycles. The summed E-state index contributed by atoms with van der Waals surface area (Å²) in [5, 5.41) is 2.61. The Hall–Kier alpha value is -2.42. The van der Waals surface area contributed by atoms with Gasteiger partial charge < -0.3 is 15.0 Å². The van der Waals surface area contributed by atoms with Crippen molar-refractivity contribution in [1.82, 2.24) is 5.32 Å². The van der Waals surface area contributed by atoms with Gasteiger partial charge in [-0.2, -0.15) is 0 Å². The molecule has 2 aliphatic heterocycles. The second-order valence-corrected chi connectivity index (χ2v) is 10.0. The number of carbonyl (C=O) groups is 3. The summed E-state index contributed by atoms with van der Waals surface area (Å²) in [4.78, 5) is 38.8. The van der Waals surface area contributed by atoms with Crippen LogP contribution in [0.1, 0.15) is 30.9 Å². The summed E-state index contributed by atoms with van der Waals surface area (Å²) >= 11 is 0. The minimum atomic E-state index is -3.11. The van der Waals surface area contributed by atoms with Gasteiger partial charge in [-0.05, 0) is 44.4 Å². The van der Waals surface area contributed by atoms with E-state index in [0.717, 1.165) is 16.8 Å². The summed E-state index contributed by atoms with van der Waals surface area (Å²) in [7, 11) is -3.11. The highest BCUT2D eigenvalue weighted by Crippen LogP contribution is 2.30. The zero-order chi connectivity index (χ0) is 21.3. The first kappa shape index (κ1) is 21.3. The lowest BCUT2D eigenvalue weighted by atomic mass is 10.1. The molecule has 2 aliphatic rings. The van der Waals surface area contributed by atoms with Crippen LogP contribution in [0.4, 0.5) is 5.69 Å². The quantitative estimate of drug-likeness (QED) is 0.706. The topological polar surface area (TPSA) is 110 Å². The van der Waals surface area contributed by atoms with E-state index < -0.39 is 39.8 Å². The predicted octanol–water partition coefficient (Wildman–Crippen LogP) is 0.891. The maximum Gasteiger partial charge on any atom is 0.312 e. The van der Waals surface area contributed by atoms with Crippen LogP contribution in [0.25, 0.3) is 0 Å². The Balaban J connectivity index is 1.57. The normalized spacial score (nSPS) is 24.4. The maximum atomic E-state index is 12.5. The fraction of sp³-hybridized carbons (Fsp3) is 0.550. The van der Waals surface area contributed by atoms with Crippen LogP contribution in [-0.4, -0.2) is 56.4 Å². The van der Waals surface area contributed by atoms with Crippen LogP contribution in [0, 0.1) is 19.8 Å². The zero-order valence-corrected chi connectivity index (χ0v) is 17.6. The summed E-state index contributed by atoms with van der Waals surface area (Å²) in [6.45, 7) is 5.54. The van der Waals surface area contributed by atoms with E-state index in [0.29, 0.717) is 6.42 Å². The number of hydrogen-bond acceptors (Lipinski definition) is 6. The number of esters is 1. The molecule has 1 aromatic rings. The minimum absolute atomic E-state index is 0.0292. The van der Waals surface area contributed by atoms with Crippen LogP contribution in [0.3, 0.4) is 0 Å². The second kappa shape index (κ2) is 8.14. The molecule has 2 saturated heterocycles. The van der Waals surface area contributed by atoms with Crippen molar-refractivity contribution in [3.05, 3.63) is 29.3 Å². The highest BCUT2D eigenvalue weighted by atomic mass is 32.2. The third kappa shape index (κ3) is 4.77. The molecule has 1 aromatic carbocycles. The van der Waals surface area contributed by atoms with E-state index in [2.05, 4.69) is 5.32 Å². The number of benzene rings is 1. The number of anilines is 1. The van der Waals surface area contributed by atoms with E-state index in [1.165, 1.54) is 6.92 Å².